The molecule has 1 amide bonds. The lowest BCUT2D eigenvalue weighted by atomic mass is 9.90. The third-order valence-corrected chi connectivity index (χ3v) is 7.93. The standard InChI is InChI=1S/C32H34N6O2/c1-3-4-8-29-33-32(15-17-40-18-16-32)31(39)38(29)21-23-9-11-24(12-10-23)28-20-26(25-7-5-6-22(2)19-25)13-14-27(28)30-34-36-37-35-30/h5-7,9-14,19-20H,3-4,8,15-18,21H2,1-2H3,(H,34,35,36,37). The van der Waals surface area contributed by atoms with Gasteiger partial charge < -0.3 is 4.74 Å². The molecule has 40 heavy (non-hydrogen) atoms. The van der Waals surface area contributed by atoms with Gasteiger partial charge in [-0.05, 0) is 58.5 Å². The van der Waals surface area contributed by atoms with E-state index in [1.165, 1.54) is 5.56 Å². The van der Waals surface area contributed by atoms with Crippen LogP contribution in [0.3, 0.4) is 0 Å². The number of carbonyl (C=O) groups is 1. The van der Waals surface area contributed by atoms with Crippen molar-refractivity contribution in [1.82, 2.24) is 25.5 Å². The Kier molecular flexibility index (Phi) is 7.26. The highest BCUT2D eigenvalue weighted by Crippen LogP contribution is 2.37. The zero-order chi connectivity index (χ0) is 27.5. The Hall–Kier alpha value is -4.17. The van der Waals surface area contributed by atoms with E-state index < -0.39 is 5.54 Å². The monoisotopic (exact) mass is 534 g/mol. The van der Waals surface area contributed by atoms with E-state index >= 15 is 0 Å². The summed E-state index contributed by atoms with van der Waals surface area (Å²) in [5.41, 5.74) is 6.90. The maximum atomic E-state index is 13.7. The maximum Gasteiger partial charge on any atom is 0.256 e. The van der Waals surface area contributed by atoms with Crippen molar-refractivity contribution < 1.29 is 9.53 Å². The van der Waals surface area contributed by atoms with E-state index in [1.807, 2.05) is 4.90 Å². The number of H-pyrrole nitrogens is 1. The van der Waals surface area contributed by atoms with Crippen molar-refractivity contribution in [3.05, 3.63) is 77.9 Å². The topological polar surface area (TPSA) is 96.4 Å². The summed E-state index contributed by atoms with van der Waals surface area (Å²) in [7, 11) is 0. The van der Waals surface area contributed by atoms with Gasteiger partial charge in [-0.2, -0.15) is 5.21 Å². The Morgan fingerprint density at radius 3 is 2.45 bits per heavy atom. The summed E-state index contributed by atoms with van der Waals surface area (Å²) in [5, 5.41) is 14.8. The molecule has 8 heteroatoms. The van der Waals surface area contributed by atoms with Gasteiger partial charge in [0.05, 0.1) is 6.54 Å². The first-order valence-corrected chi connectivity index (χ1v) is 14.1. The van der Waals surface area contributed by atoms with Crippen LogP contribution in [-0.4, -0.2) is 56.0 Å². The van der Waals surface area contributed by atoms with Gasteiger partial charge in [0.1, 0.15) is 11.4 Å². The predicted octanol–water partition coefficient (Wildman–Crippen LogP) is 5.99. The van der Waals surface area contributed by atoms with Gasteiger partial charge in [0.2, 0.25) is 5.82 Å². The Morgan fingerprint density at radius 2 is 1.73 bits per heavy atom. The van der Waals surface area contributed by atoms with Crippen molar-refractivity contribution in [3.63, 3.8) is 0 Å². The van der Waals surface area contributed by atoms with Gasteiger partial charge >= 0.3 is 0 Å². The highest BCUT2D eigenvalue weighted by Gasteiger charge is 2.48. The summed E-state index contributed by atoms with van der Waals surface area (Å²) >= 11 is 0. The molecule has 6 rings (SSSR count). The molecule has 2 aliphatic heterocycles. The molecule has 3 heterocycles. The largest absolute Gasteiger partial charge is 0.381 e. The van der Waals surface area contributed by atoms with Crippen LogP contribution in [0.25, 0.3) is 33.6 Å². The predicted molar refractivity (Wildman–Crippen MR) is 156 cm³/mol. The molecule has 1 spiro atoms. The molecule has 1 aromatic heterocycles. The first kappa shape index (κ1) is 26.1. The molecule has 0 unspecified atom stereocenters. The van der Waals surface area contributed by atoms with Crippen molar-refractivity contribution in [3.8, 4) is 33.6 Å². The Bertz CT molecular complexity index is 1520. The van der Waals surface area contributed by atoms with Gasteiger partial charge in [0.25, 0.3) is 5.91 Å². The smallest absolute Gasteiger partial charge is 0.256 e. The molecule has 0 bridgehead atoms. The molecule has 0 saturated carbocycles. The average Bonchev–Trinajstić information content (AvgIpc) is 3.61. The normalized spacial score (nSPS) is 16.5. The van der Waals surface area contributed by atoms with Crippen LogP contribution in [0.2, 0.25) is 0 Å². The zero-order valence-corrected chi connectivity index (χ0v) is 23.1. The van der Waals surface area contributed by atoms with Crippen LogP contribution < -0.4 is 0 Å². The molecule has 8 nitrogen and oxygen atoms in total. The summed E-state index contributed by atoms with van der Waals surface area (Å²) in [5.74, 6) is 1.59. The van der Waals surface area contributed by atoms with Gasteiger partial charge in [0.15, 0.2) is 0 Å². The molecule has 1 fully saturated rings. The molecular formula is C32H34N6O2. The third kappa shape index (κ3) is 5.07. The van der Waals surface area contributed by atoms with Crippen molar-refractivity contribution in [2.24, 2.45) is 4.99 Å². The third-order valence-electron chi connectivity index (χ3n) is 7.93. The number of nitrogens with one attached hydrogen (secondary N) is 1. The molecule has 4 aromatic rings. The maximum absolute atomic E-state index is 13.7. The Balaban J connectivity index is 1.30. The lowest BCUT2D eigenvalue weighted by Gasteiger charge is -2.29. The van der Waals surface area contributed by atoms with Gasteiger partial charge in [0, 0.05) is 38.0 Å². The second-order valence-electron chi connectivity index (χ2n) is 10.7. The fourth-order valence-electron chi connectivity index (χ4n) is 5.68. The first-order chi connectivity index (χ1) is 19.6. The van der Waals surface area contributed by atoms with E-state index in [9.17, 15) is 4.79 Å². The van der Waals surface area contributed by atoms with Crippen molar-refractivity contribution in [1.29, 1.82) is 0 Å². The minimum absolute atomic E-state index is 0.122. The summed E-state index contributed by atoms with van der Waals surface area (Å²) < 4.78 is 5.55. The fourth-order valence-corrected chi connectivity index (χ4v) is 5.68. The minimum atomic E-state index is -0.642. The van der Waals surface area contributed by atoms with E-state index in [-0.39, 0.29) is 5.91 Å². The minimum Gasteiger partial charge on any atom is -0.381 e. The number of hydrogen-bond acceptors (Lipinski definition) is 6. The number of unbranched alkanes of at least 4 members (excludes halogenated alkanes) is 1. The molecule has 1 saturated heterocycles. The molecule has 2 aliphatic rings. The number of aryl methyl sites for hydroxylation is 1. The number of ether oxygens (including phenoxy) is 1. The lowest BCUT2D eigenvalue weighted by molar-refractivity contribution is -0.134. The zero-order valence-electron chi connectivity index (χ0n) is 23.1. The van der Waals surface area contributed by atoms with Crippen LogP contribution in [-0.2, 0) is 16.1 Å². The summed E-state index contributed by atoms with van der Waals surface area (Å²) in [6.45, 7) is 5.96. The number of carbonyl (C=O) groups excluding carboxylic acids is 1. The molecule has 3 aromatic carbocycles. The highest BCUT2D eigenvalue weighted by atomic mass is 16.5. The van der Waals surface area contributed by atoms with Crippen LogP contribution >= 0.6 is 0 Å². The average molecular weight is 535 g/mol. The van der Waals surface area contributed by atoms with Crippen molar-refractivity contribution in [2.75, 3.05) is 13.2 Å². The van der Waals surface area contributed by atoms with E-state index in [2.05, 4.69) is 101 Å². The molecule has 0 radical (unpaired) electrons. The van der Waals surface area contributed by atoms with Crippen LogP contribution in [0.1, 0.15) is 50.2 Å². The number of aromatic nitrogens is 4. The van der Waals surface area contributed by atoms with Gasteiger partial charge in [-0.15, -0.1) is 10.2 Å². The van der Waals surface area contributed by atoms with E-state index in [0.29, 0.717) is 38.4 Å². The van der Waals surface area contributed by atoms with Crippen LogP contribution in [0.15, 0.2) is 71.7 Å². The number of hydrogen-bond donors (Lipinski definition) is 1. The fraction of sp³-hybridized carbons (Fsp3) is 0.344. The Morgan fingerprint density at radius 1 is 0.950 bits per heavy atom. The van der Waals surface area contributed by atoms with E-state index in [4.69, 9.17) is 9.73 Å². The van der Waals surface area contributed by atoms with Gasteiger partial charge in [-0.1, -0.05) is 73.5 Å². The quantitative estimate of drug-likeness (QED) is 0.300. The number of benzene rings is 3. The van der Waals surface area contributed by atoms with Crippen LogP contribution in [0.4, 0.5) is 0 Å². The number of amides is 1. The molecule has 1 N–H and O–H groups in total. The number of tetrazole rings is 1. The molecule has 204 valence electrons. The lowest BCUT2D eigenvalue weighted by Crippen LogP contribution is -2.45. The van der Waals surface area contributed by atoms with E-state index in [0.717, 1.165) is 58.5 Å². The van der Waals surface area contributed by atoms with Crippen LogP contribution in [0, 0.1) is 6.92 Å². The number of aromatic amines is 1. The van der Waals surface area contributed by atoms with Gasteiger partial charge in [-0.25, -0.2) is 0 Å². The second-order valence-corrected chi connectivity index (χ2v) is 10.7. The van der Waals surface area contributed by atoms with Crippen LogP contribution in [0.5, 0.6) is 0 Å². The number of aliphatic imine (C=N–C) groups is 1. The number of nitrogens with zero attached hydrogens (tertiary/aromatic N) is 5. The van der Waals surface area contributed by atoms with Crippen molar-refractivity contribution >= 4 is 11.7 Å². The van der Waals surface area contributed by atoms with Gasteiger partial charge in [-0.3, -0.25) is 14.7 Å². The second kappa shape index (κ2) is 11.1. The van der Waals surface area contributed by atoms with E-state index in [1.54, 1.807) is 0 Å². The number of amidine groups is 1. The first-order valence-electron chi connectivity index (χ1n) is 14.1. The number of rotatable bonds is 8. The van der Waals surface area contributed by atoms with Crippen molar-refractivity contribution in [2.45, 2.75) is 58.0 Å². The highest BCUT2D eigenvalue weighted by molar-refractivity contribution is 6.08. The molecule has 0 aliphatic carbocycles. The summed E-state index contributed by atoms with van der Waals surface area (Å²) in [4.78, 5) is 20.6. The summed E-state index contributed by atoms with van der Waals surface area (Å²) in [6, 6.07) is 23.3. The molecular weight excluding hydrogens is 500 g/mol. The Labute approximate surface area is 234 Å². The molecule has 0 atom stereocenters. The SMILES string of the molecule is CCCCC1=NC2(CCOCC2)C(=O)N1Cc1ccc(-c2cc(-c3cccc(C)c3)ccc2-c2nn[nH]n2)cc1. The summed E-state index contributed by atoms with van der Waals surface area (Å²) in [6.07, 6.45) is 4.23.